The third kappa shape index (κ3) is 6.46. The van der Waals surface area contributed by atoms with Crippen LogP contribution in [-0.4, -0.2) is 17.6 Å². The number of fused-ring (bicyclic) bond motifs is 1. The van der Waals surface area contributed by atoms with Crippen molar-refractivity contribution in [1.29, 1.82) is 5.26 Å². The van der Waals surface area contributed by atoms with Gasteiger partial charge in [-0.1, -0.05) is 48.8 Å². The van der Waals surface area contributed by atoms with Crippen molar-refractivity contribution in [2.24, 2.45) is 0 Å². The van der Waals surface area contributed by atoms with Gasteiger partial charge in [0, 0.05) is 6.54 Å². The van der Waals surface area contributed by atoms with E-state index >= 15 is 0 Å². The van der Waals surface area contributed by atoms with Gasteiger partial charge < -0.3 is 10.4 Å². The molecule has 1 aliphatic rings. The Morgan fingerprint density at radius 1 is 1.20 bits per heavy atom. The molecule has 0 atom stereocenters. The van der Waals surface area contributed by atoms with E-state index in [0.29, 0.717) is 6.54 Å². The number of carbonyl (C=O) groups is 1. The summed E-state index contributed by atoms with van der Waals surface area (Å²) in [5.74, 6) is -0.743. The second kappa shape index (κ2) is 10.4. The Labute approximate surface area is 150 Å². The van der Waals surface area contributed by atoms with Gasteiger partial charge in [0.1, 0.15) is 11.8 Å². The van der Waals surface area contributed by atoms with E-state index in [1.54, 1.807) is 17.2 Å². The van der Waals surface area contributed by atoms with Gasteiger partial charge in [-0.2, -0.15) is 5.26 Å². The first-order chi connectivity index (χ1) is 11.9. The Balaban J connectivity index is 0.000000250. The zero-order valence-corrected chi connectivity index (χ0v) is 15.6. The molecule has 4 nitrogen and oxygen atoms in total. The van der Waals surface area contributed by atoms with E-state index < -0.39 is 5.91 Å². The molecule has 0 spiro atoms. The number of hydrogen-bond acceptors (Lipinski definition) is 3. The van der Waals surface area contributed by atoms with Crippen molar-refractivity contribution in [3.8, 4) is 6.07 Å². The lowest BCUT2D eigenvalue weighted by Crippen LogP contribution is -2.26. The van der Waals surface area contributed by atoms with Crippen LogP contribution in [0, 0.1) is 11.3 Å². The second-order valence-corrected chi connectivity index (χ2v) is 6.36. The van der Waals surface area contributed by atoms with Crippen LogP contribution in [0.1, 0.15) is 51.7 Å². The van der Waals surface area contributed by atoms with Gasteiger partial charge in [0.05, 0.1) is 0 Å². The highest BCUT2D eigenvalue weighted by atomic mass is 16.3. The molecule has 1 aromatic carbocycles. The number of amides is 1. The molecule has 4 heteroatoms. The average Bonchev–Trinajstić information content (AvgIpc) is 2.57. The minimum absolute atomic E-state index is 0.212. The normalized spacial score (nSPS) is 13.7. The Morgan fingerprint density at radius 2 is 1.72 bits per heavy atom. The van der Waals surface area contributed by atoms with E-state index in [1.165, 1.54) is 18.1 Å². The molecule has 0 aliphatic heterocycles. The van der Waals surface area contributed by atoms with Crippen LogP contribution in [0.5, 0.6) is 0 Å². The van der Waals surface area contributed by atoms with Crippen LogP contribution in [0.4, 0.5) is 0 Å². The van der Waals surface area contributed by atoms with Crippen molar-refractivity contribution in [2.75, 3.05) is 6.54 Å². The quantitative estimate of drug-likeness (QED) is 0.281. The molecule has 2 N–H and O–H groups in total. The van der Waals surface area contributed by atoms with Gasteiger partial charge in [-0.05, 0) is 51.2 Å². The number of aliphatic hydroxyl groups is 1. The van der Waals surface area contributed by atoms with E-state index in [-0.39, 0.29) is 11.3 Å². The van der Waals surface area contributed by atoms with Gasteiger partial charge in [0.15, 0.2) is 5.57 Å². The fourth-order valence-electron chi connectivity index (χ4n) is 2.54. The maximum Gasteiger partial charge on any atom is 0.265 e. The van der Waals surface area contributed by atoms with Crippen molar-refractivity contribution in [2.45, 2.75) is 53.4 Å². The minimum Gasteiger partial charge on any atom is -0.511 e. The minimum atomic E-state index is -0.504. The summed E-state index contributed by atoms with van der Waals surface area (Å²) in [6.07, 6.45) is 4.16. The number of carbonyl (C=O) groups excluding carboxylic acids is 1. The van der Waals surface area contributed by atoms with E-state index in [4.69, 9.17) is 10.4 Å². The molecule has 0 radical (unpaired) electrons. The fourth-order valence-corrected chi connectivity index (χ4v) is 2.54. The van der Waals surface area contributed by atoms with Crippen LogP contribution >= 0.6 is 0 Å². The zero-order chi connectivity index (χ0) is 18.8. The second-order valence-electron chi connectivity index (χ2n) is 6.36. The smallest absolute Gasteiger partial charge is 0.265 e. The van der Waals surface area contributed by atoms with Crippen molar-refractivity contribution >= 4 is 5.91 Å². The highest BCUT2D eigenvalue weighted by molar-refractivity contribution is 5.97. The van der Waals surface area contributed by atoms with Crippen molar-refractivity contribution in [3.63, 3.8) is 0 Å². The SMILES string of the molecule is CC1=C(C)Cc2ccccc2C1.CCCCNC(=O)/C(C#N)=C(/C)O. The first-order valence-corrected chi connectivity index (χ1v) is 8.70. The highest BCUT2D eigenvalue weighted by Gasteiger charge is 2.11. The third-order valence-corrected chi connectivity index (χ3v) is 4.27. The summed E-state index contributed by atoms with van der Waals surface area (Å²) in [7, 11) is 0. The van der Waals surface area contributed by atoms with Crippen molar-refractivity contribution < 1.29 is 9.90 Å². The van der Waals surface area contributed by atoms with Gasteiger partial charge in [-0.15, -0.1) is 0 Å². The molecule has 1 aliphatic carbocycles. The van der Waals surface area contributed by atoms with Gasteiger partial charge in [-0.3, -0.25) is 4.79 Å². The summed E-state index contributed by atoms with van der Waals surface area (Å²) in [5.41, 5.74) is 5.92. The topological polar surface area (TPSA) is 73.1 Å². The number of unbranched alkanes of at least 4 members (excludes halogenated alkanes) is 1. The summed E-state index contributed by atoms with van der Waals surface area (Å²) in [4.78, 5) is 11.1. The first kappa shape index (κ1) is 20.5. The summed E-state index contributed by atoms with van der Waals surface area (Å²) < 4.78 is 0. The van der Waals surface area contributed by atoms with Gasteiger partial charge in [0.2, 0.25) is 0 Å². The van der Waals surface area contributed by atoms with Crippen molar-refractivity contribution in [3.05, 3.63) is 57.9 Å². The molecule has 1 aromatic rings. The molecule has 0 aromatic heterocycles. The van der Waals surface area contributed by atoms with Crippen LogP contribution in [0.15, 0.2) is 46.7 Å². The van der Waals surface area contributed by atoms with E-state index in [0.717, 1.165) is 25.7 Å². The summed E-state index contributed by atoms with van der Waals surface area (Å²) >= 11 is 0. The van der Waals surface area contributed by atoms with E-state index in [1.807, 2.05) is 6.92 Å². The zero-order valence-electron chi connectivity index (χ0n) is 15.6. The van der Waals surface area contributed by atoms with Crippen molar-refractivity contribution in [1.82, 2.24) is 5.32 Å². The molecular formula is C21H28N2O2. The molecule has 0 bridgehead atoms. The molecular weight excluding hydrogens is 312 g/mol. The molecule has 0 fully saturated rings. The highest BCUT2D eigenvalue weighted by Crippen LogP contribution is 2.24. The van der Waals surface area contributed by atoms with Gasteiger partial charge >= 0.3 is 0 Å². The predicted octanol–water partition coefficient (Wildman–Crippen LogP) is 4.38. The molecule has 0 heterocycles. The molecule has 0 saturated carbocycles. The fraction of sp³-hybridized carbons (Fsp3) is 0.429. The summed E-state index contributed by atoms with van der Waals surface area (Å²) in [6.45, 7) is 8.34. The molecule has 25 heavy (non-hydrogen) atoms. The maximum absolute atomic E-state index is 11.1. The summed E-state index contributed by atoms with van der Waals surface area (Å²) in [6, 6.07) is 10.4. The number of nitrogens with zero attached hydrogens (tertiary/aromatic N) is 1. The third-order valence-electron chi connectivity index (χ3n) is 4.27. The summed E-state index contributed by atoms with van der Waals surface area (Å²) in [5, 5.41) is 20.0. The number of aliphatic hydroxyl groups excluding tert-OH is 1. The van der Waals surface area contributed by atoms with Crippen LogP contribution in [0.2, 0.25) is 0 Å². The average molecular weight is 340 g/mol. The predicted molar refractivity (Wildman–Crippen MR) is 101 cm³/mol. The molecule has 134 valence electrons. The van der Waals surface area contributed by atoms with Crippen LogP contribution < -0.4 is 5.32 Å². The maximum atomic E-state index is 11.1. The Morgan fingerprint density at radius 3 is 2.12 bits per heavy atom. The van der Waals surface area contributed by atoms with E-state index in [9.17, 15) is 4.79 Å². The number of nitrogens with one attached hydrogen (secondary N) is 1. The molecule has 0 unspecified atom stereocenters. The lowest BCUT2D eigenvalue weighted by Gasteiger charge is -2.18. The monoisotopic (exact) mass is 340 g/mol. The van der Waals surface area contributed by atoms with E-state index in [2.05, 4.69) is 43.4 Å². The van der Waals surface area contributed by atoms with Crippen LogP contribution in [-0.2, 0) is 17.6 Å². The number of allylic oxidation sites excluding steroid dienone is 3. The molecule has 0 saturated heterocycles. The number of nitriles is 1. The van der Waals surface area contributed by atoms with Crippen LogP contribution in [0.25, 0.3) is 0 Å². The first-order valence-electron chi connectivity index (χ1n) is 8.70. The van der Waals surface area contributed by atoms with Crippen LogP contribution in [0.3, 0.4) is 0 Å². The lowest BCUT2D eigenvalue weighted by atomic mass is 9.88. The largest absolute Gasteiger partial charge is 0.511 e. The Kier molecular flexibility index (Phi) is 8.49. The molecule has 2 rings (SSSR count). The lowest BCUT2D eigenvalue weighted by molar-refractivity contribution is -0.117. The number of rotatable bonds is 4. The Bertz CT molecular complexity index is 672. The van der Waals surface area contributed by atoms with Gasteiger partial charge in [-0.25, -0.2) is 0 Å². The van der Waals surface area contributed by atoms with Gasteiger partial charge in [0.25, 0.3) is 5.91 Å². The standard InChI is InChI=1S/C12H14.C9H14N2O2/c1-9-7-11-5-3-4-6-12(11)8-10(9)2;1-3-4-5-11-9(13)8(6-10)7(2)12/h3-6H,7-8H2,1-2H3;12H,3-5H2,1-2H3,(H,11,13)/b;8-7-. The molecule has 1 amide bonds. The Hall–Kier alpha value is -2.54. The number of hydrogen-bond donors (Lipinski definition) is 2. The number of benzene rings is 1.